The highest BCUT2D eigenvalue weighted by Gasteiger charge is 2.20. The van der Waals surface area contributed by atoms with Crippen molar-refractivity contribution >= 4 is 17.6 Å². The molecule has 5 heteroatoms. The highest BCUT2D eigenvalue weighted by Crippen LogP contribution is 2.22. The Morgan fingerprint density at radius 3 is 2.50 bits per heavy atom. The summed E-state index contributed by atoms with van der Waals surface area (Å²) in [7, 11) is 0. The predicted octanol–water partition coefficient (Wildman–Crippen LogP) is 1.84. The normalized spacial score (nSPS) is 11.0. The molecule has 0 aliphatic heterocycles. The third kappa shape index (κ3) is 4.08. The van der Waals surface area contributed by atoms with E-state index in [1.165, 1.54) is 0 Å². The molecular weight excluding hydrogens is 232 g/mol. The molecule has 1 rings (SSSR count). The van der Waals surface area contributed by atoms with Crippen LogP contribution in [-0.2, 0) is 4.79 Å². The summed E-state index contributed by atoms with van der Waals surface area (Å²) in [6, 6.07) is 6.91. The Labute approximate surface area is 106 Å². The fourth-order valence-electron chi connectivity index (χ4n) is 1.65. The second-order valence-corrected chi connectivity index (χ2v) is 4.81. The van der Waals surface area contributed by atoms with Crippen LogP contribution < -0.4 is 11.1 Å². The van der Waals surface area contributed by atoms with E-state index < -0.39 is 17.4 Å². The van der Waals surface area contributed by atoms with Crippen LogP contribution in [0.1, 0.15) is 37.0 Å². The molecule has 0 heterocycles. The van der Waals surface area contributed by atoms with Crippen molar-refractivity contribution in [2.45, 2.75) is 32.2 Å². The number of primary amides is 1. The monoisotopic (exact) mass is 250 g/mol. The molecule has 0 aliphatic carbocycles. The van der Waals surface area contributed by atoms with Crippen molar-refractivity contribution in [2.24, 2.45) is 5.73 Å². The maximum absolute atomic E-state index is 11.3. The summed E-state index contributed by atoms with van der Waals surface area (Å²) < 4.78 is 0. The van der Waals surface area contributed by atoms with Gasteiger partial charge in [-0.05, 0) is 32.4 Å². The fraction of sp³-hybridized carbons (Fsp3) is 0.385. The molecule has 1 aromatic rings. The topological polar surface area (TPSA) is 92.4 Å². The second-order valence-electron chi connectivity index (χ2n) is 4.81. The fourth-order valence-corrected chi connectivity index (χ4v) is 1.65. The summed E-state index contributed by atoms with van der Waals surface area (Å²) in [5.74, 6) is -1.35. The number of rotatable bonds is 6. The molecule has 0 bridgehead atoms. The number of nitrogens with two attached hydrogens (primary N) is 1. The zero-order chi connectivity index (χ0) is 13.8. The van der Waals surface area contributed by atoms with Crippen molar-refractivity contribution in [3.05, 3.63) is 29.8 Å². The van der Waals surface area contributed by atoms with Gasteiger partial charge in [0.2, 0.25) is 0 Å². The molecule has 0 aliphatic rings. The third-order valence-electron chi connectivity index (χ3n) is 2.63. The molecule has 0 aromatic heterocycles. The van der Waals surface area contributed by atoms with Gasteiger partial charge in [-0.3, -0.25) is 9.59 Å². The Kier molecular flexibility index (Phi) is 4.31. The van der Waals surface area contributed by atoms with Gasteiger partial charge in [0.1, 0.15) is 0 Å². The van der Waals surface area contributed by atoms with Gasteiger partial charge < -0.3 is 16.2 Å². The number of amides is 1. The zero-order valence-electron chi connectivity index (χ0n) is 10.6. The van der Waals surface area contributed by atoms with Crippen LogP contribution in [0.4, 0.5) is 5.69 Å². The number of carboxylic acids is 1. The standard InChI is InChI=1S/C13H18N2O3/c1-13(2,8-7-11(16)17)15-10-6-4-3-5-9(10)12(14)18/h3-6,15H,7-8H2,1-2H3,(H2,14,18)(H,16,17). The van der Waals surface area contributed by atoms with E-state index in [4.69, 9.17) is 10.8 Å². The number of nitrogens with one attached hydrogen (secondary N) is 1. The predicted molar refractivity (Wildman–Crippen MR) is 69.5 cm³/mol. The molecule has 98 valence electrons. The van der Waals surface area contributed by atoms with E-state index in [1.54, 1.807) is 24.3 Å². The molecule has 0 radical (unpaired) electrons. The van der Waals surface area contributed by atoms with E-state index in [9.17, 15) is 9.59 Å². The molecule has 0 fully saturated rings. The Morgan fingerprint density at radius 2 is 1.94 bits per heavy atom. The first-order valence-corrected chi connectivity index (χ1v) is 5.70. The van der Waals surface area contributed by atoms with E-state index >= 15 is 0 Å². The maximum atomic E-state index is 11.3. The summed E-state index contributed by atoms with van der Waals surface area (Å²) in [5, 5.41) is 11.8. The van der Waals surface area contributed by atoms with Crippen molar-refractivity contribution in [1.82, 2.24) is 0 Å². The minimum atomic E-state index is -0.840. The lowest BCUT2D eigenvalue weighted by molar-refractivity contribution is -0.137. The van der Waals surface area contributed by atoms with Crippen LogP contribution in [0.2, 0.25) is 0 Å². The number of benzene rings is 1. The molecule has 1 aromatic carbocycles. The minimum Gasteiger partial charge on any atom is -0.481 e. The Bertz CT molecular complexity index is 455. The summed E-state index contributed by atoms with van der Waals surface area (Å²) in [4.78, 5) is 21.8. The maximum Gasteiger partial charge on any atom is 0.303 e. The Morgan fingerprint density at radius 1 is 1.33 bits per heavy atom. The summed E-state index contributed by atoms with van der Waals surface area (Å²) in [5.41, 5.74) is 5.88. The first-order chi connectivity index (χ1) is 8.32. The summed E-state index contributed by atoms with van der Waals surface area (Å²) in [6.45, 7) is 3.77. The van der Waals surface area contributed by atoms with E-state index in [0.717, 1.165) is 0 Å². The highest BCUT2D eigenvalue weighted by molar-refractivity contribution is 5.98. The molecule has 0 saturated carbocycles. The number of hydrogen-bond donors (Lipinski definition) is 3. The first kappa shape index (κ1) is 14.0. The van der Waals surface area contributed by atoms with Gasteiger partial charge in [-0.2, -0.15) is 0 Å². The van der Waals surface area contributed by atoms with E-state index in [2.05, 4.69) is 5.32 Å². The van der Waals surface area contributed by atoms with Gasteiger partial charge in [0.05, 0.1) is 5.56 Å². The molecular formula is C13H18N2O3. The Balaban J connectivity index is 2.83. The zero-order valence-corrected chi connectivity index (χ0v) is 10.6. The van der Waals surface area contributed by atoms with Crippen LogP contribution in [-0.4, -0.2) is 22.5 Å². The number of para-hydroxylation sites is 1. The van der Waals surface area contributed by atoms with Gasteiger partial charge in [0, 0.05) is 17.6 Å². The van der Waals surface area contributed by atoms with E-state index in [-0.39, 0.29) is 6.42 Å². The average molecular weight is 250 g/mol. The Hall–Kier alpha value is -2.04. The van der Waals surface area contributed by atoms with Crippen molar-refractivity contribution in [3.63, 3.8) is 0 Å². The van der Waals surface area contributed by atoms with Gasteiger partial charge in [-0.25, -0.2) is 0 Å². The number of carbonyl (C=O) groups excluding carboxylic acids is 1. The molecule has 0 spiro atoms. The average Bonchev–Trinajstić information content (AvgIpc) is 2.26. The van der Waals surface area contributed by atoms with E-state index in [0.29, 0.717) is 17.7 Å². The number of carbonyl (C=O) groups is 2. The largest absolute Gasteiger partial charge is 0.481 e. The van der Waals surface area contributed by atoms with Crippen molar-refractivity contribution in [3.8, 4) is 0 Å². The van der Waals surface area contributed by atoms with Crippen molar-refractivity contribution in [2.75, 3.05) is 5.32 Å². The molecule has 0 unspecified atom stereocenters. The minimum absolute atomic E-state index is 0.0682. The molecule has 0 atom stereocenters. The smallest absolute Gasteiger partial charge is 0.303 e. The van der Waals surface area contributed by atoms with Gasteiger partial charge >= 0.3 is 5.97 Å². The van der Waals surface area contributed by atoms with Crippen LogP contribution in [0, 0.1) is 0 Å². The molecule has 5 nitrogen and oxygen atoms in total. The van der Waals surface area contributed by atoms with Crippen LogP contribution in [0.3, 0.4) is 0 Å². The quantitative estimate of drug-likeness (QED) is 0.718. The lowest BCUT2D eigenvalue weighted by atomic mass is 9.97. The third-order valence-corrected chi connectivity index (χ3v) is 2.63. The highest BCUT2D eigenvalue weighted by atomic mass is 16.4. The summed E-state index contributed by atoms with van der Waals surface area (Å²) >= 11 is 0. The van der Waals surface area contributed by atoms with Gasteiger partial charge in [-0.1, -0.05) is 12.1 Å². The number of hydrogen-bond acceptors (Lipinski definition) is 3. The molecule has 0 saturated heterocycles. The first-order valence-electron chi connectivity index (χ1n) is 5.70. The van der Waals surface area contributed by atoms with Gasteiger partial charge in [0.25, 0.3) is 5.91 Å². The van der Waals surface area contributed by atoms with Crippen LogP contribution in [0.25, 0.3) is 0 Å². The van der Waals surface area contributed by atoms with Crippen LogP contribution in [0.15, 0.2) is 24.3 Å². The number of anilines is 1. The lowest BCUT2D eigenvalue weighted by Crippen LogP contribution is -2.32. The van der Waals surface area contributed by atoms with Crippen molar-refractivity contribution < 1.29 is 14.7 Å². The van der Waals surface area contributed by atoms with Crippen molar-refractivity contribution in [1.29, 1.82) is 0 Å². The molecule has 1 amide bonds. The van der Waals surface area contributed by atoms with Gasteiger partial charge in [-0.15, -0.1) is 0 Å². The van der Waals surface area contributed by atoms with E-state index in [1.807, 2.05) is 13.8 Å². The van der Waals surface area contributed by atoms with Gasteiger partial charge in [0.15, 0.2) is 0 Å². The summed E-state index contributed by atoms with van der Waals surface area (Å²) in [6.07, 6.45) is 0.522. The number of aliphatic carboxylic acids is 1. The number of carboxylic acid groups (broad SMARTS) is 1. The van der Waals surface area contributed by atoms with Crippen LogP contribution in [0.5, 0.6) is 0 Å². The molecule has 4 N–H and O–H groups in total. The molecule has 18 heavy (non-hydrogen) atoms. The van der Waals surface area contributed by atoms with Crippen LogP contribution >= 0.6 is 0 Å². The SMILES string of the molecule is CC(C)(CCC(=O)O)Nc1ccccc1C(N)=O. The lowest BCUT2D eigenvalue weighted by Gasteiger charge is -2.28. The second kappa shape index (κ2) is 5.53.